The van der Waals surface area contributed by atoms with Gasteiger partial charge in [0.15, 0.2) is 0 Å². The first-order valence-corrected chi connectivity index (χ1v) is 12.7. The van der Waals surface area contributed by atoms with Crippen LogP contribution in [0.3, 0.4) is 0 Å². The van der Waals surface area contributed by atoms with Crippen LogP contribution in [0, 0.1) is 34.4 Å². The van der Waals surface area contributed by atoms with Gasteiger partial charge in [0.25, 0.3) is 0 Å². The van der Waals surface area contributed by atoms with Gasteiger partial charge in [-0.05, 0) is 97.6 Å². The molecule has 0 saturated heterocycles. The van der Waals surface area contributed by atoms with Crippen molar-refractivity contribution in [3.63, 3.8) is 0 Å². The molecular formula is C27H31FN2O3S. The highest BCUT2D eigenvalue weighted by Gasteiger charge is 2.68. The Balaban J connectivity index is 1.38. The highest BCUT2D eigenvalue weighted by Crippen LogP contribution is 2.67. The van der Waals surface area contributed by atoms with Gasteiger partial charge in [-0.1, -0.05) is 19.4 Å². The molecular weight excluding hydrogens is 451 g/mol. The van der Waals surface area contributed by atoms with E-state index in [0.29, 0.717) is 12.8 Å². The molecule has 5 nitrogen and oxygen atoms in total. The standard InChI is InChI=1S/C27H31FN2O3S/c1-25-12-15-14-29-30(18-6-4-17(28)5-7-18)21(15)11-16(25)3-8-19-20-9-10-27(33,24(32)34)26(20,2)13-22(31)23(19)25/h4-7,11,14,19-20,22-23,31,33H,3,8-10,12-13H2,1-2H3,(H,32,34)/t19?,20?,22-,23?,25-,26-,27-/m0/s1. The maximum Gasteiger partial charge on any atom is 0.218 e. The molecule has 34 heavy (non-hydrogen) atoms. The molecule has 180 valence electrons. The summed E-state index contributed by atoms with van der Waals surface area (Å²) in [4.78, 5) is 12.4. The average Bonchev–Trinajstić information content (AvgIpc) is 3.30. The lowest BCUT2D eigenvalue weighted by Gasteiger charge is -2.60. The van der Waals surface area contributed by atoms with Gasteiger partial charge in [0.05, 0.1) is 23.7 Å². The number of aromatic nitrogens is 2. The van der Waals surface area contributed by atoms with Crippen LogP contribution in [0.1, 0.15) is 57.2 Å². The Morgan fingerprint density at radius 3 is 2.68 bits per heavy atom. The molecule has 7 atom stereocenters. The number of aliphatic hydroxyl groups is 2. The van der Waals surface area contributed by atoms with Crippen molar-refractivity contribution in [1.29, 1.82) is 0 Å². The van der Waals surface area contributed by atoms with E-state index in [0.717, 1.165) is 42.6 Å². The second kappa shape index (κ2) is 7.28. The smallest absolute Gasteiger partial charge is 0.218 e. The predicted molar refractivity (Wildman–Crippen MR) is 130 cm³/mol. The van der Waals surface area contributed by atoms with Crippen LogP contribution < -0.4 is 0 Å². The van der Waals surface area contributed by atoms with E-state index in [9.17, 15) is 19.4 Å². The summed E-state index contributed by atoms with van der Waals surface area (Å²) in [6, 6.07) is 6.37. The van der Waals surface area contributed by atoms with Gasteiger partial charge >= 0.3 is 0 Å². The largest absolute Gasteiger partial charge is 0.393 e. The van der Waals surface area contributed by atoms with Gasteiger partial charge in [0.2, 0.25) is 5.12 Å². The molecule has 0 bridgehead atoms. The third-order valence-electron chi connectivity index (χ3n) is 10.0. The first kappa shape index (κ1) is 22.5. The maximum absolute atomic E-state index is 13.4. The van der Waals surface area contributed by atoms with Crippen molar-refractivity contribution >= 4 is 23.8 Å². The second-order valence-corrected chi connectivity index (χ2v) is 11.8. The monoisotopic (exact) mass is 482 g/mol. The maximum atomic E-state index is 13.4. The van der Waals surface area contributed by atoms with E-state index in [-0.39, 0.29) is 29.0 Å². The summed E-state index contributed by atoms with van der Waals surface area (Å²) >= 11 is 4.05. The Kier molecular flexibility index (Phi) is 4.82. The Bertz CT molecular complexity index is 1210. The number of hydrogen-bond donors (Lipinski definition) is 3. The fraction of sp³-hybridized carbons (Fsp3) is 0.556. The number of carbonyl (C=O) groups excluding carboxylic acids is 1. The zero-order valence-corrected chi connectivity index (χ0v) is 20.4. The van der Waals surface area contributed by atoms with Gasteiger partial charge in [-0.25, -0.2) is 9.07 Å². The number of aliphatic hydroxyl groups excluding tert-OH is 1. The number of thiol groups is 1. The van der Waals surface area contributed by atoms with Crippen molar-refractivity contribution < 1.29 is 19.4 Å². The molecule has 2 N–H and O–H groups in total. The van der Waals surface area contributed by atoms with E-state index in [1.165, 1.54) is 17.7 Å². The Morgan fingerprint density at radius 2 is 1.97 bits per heavy atom. The lowest BCUT2D eigenvalue weighted by molar-refractivity contribution is -0.173. The van der Waals surface area contributed by atoms with Crippen molar-refractivity contribution in [2.75, 3.05) is 0 Å². The zero-order chi connectivity index (χ0) is 24.0. The van der Waals surface area contributed by atoms with Gasteiger partial charge in [0, 0.05) is 5.41 Å². The lowest BCUT2D eigenvalue weighted by atomic mass is 9.45. The van der Waals surface area contributed by atoms with Crippen LogP contribution in [0.15, 0.2) is 36.0 Å². The summed E-state index contributed by atoms with van der Waals surface area (Å²) in [5.41, 5.74) is 1.97. The van der Waals surface area contributed by atoms with E-state index in [2.05, 4.69) is 30.7 Å². The molecule has 3 fully saturated rings. The van der Waals surface area contributed by atoms with Crippen molar-refractivity contribution in [3.8, 4) is 5.69 Å². The van der Waals surface area contributed by atoms with E-state index < -0.39 is 22.2 Å². The van der Waals surface area contributed by atoms with Crippen LogP contribution in [0.2, 0.25) is 0 Å². The number of halogens is 1. The summed E-state index contributed by atoms with van der Waals surface area (Å²) in [6.45, 7) is 4.25. The van der Waals surface area contributed by atoms with Crippen LogP contribution in [0.25, 0.3) is 11.8 Å². The highest BCUT2D eigenvalue weighted by molar-refractivity contribution is 7.96. The molecule has 1 heterocycles. The molecule has 3 unspecified atom stereocenters. The lowest BCUT2D eigenvalue weighted by Crippen LogP contribution is -2.61. The first-order chi connectivity index (χ1) is 16.1. The molecule has 3 saturated carbocycles. The first-order valence-electron chi connectivity index (χ1n) is 12.3. The number of rotatable bonds is 2. The van der Waals surface area contributed by atoms with Gasteiger partial charge in [-0.3, -0.25) is 4.79 Å². The van der Waals surface area contributed by atoms with Gasteiger partial charge < -0.3 is 10.2 Å². The van der Waals surface area contributed by atoms with Crippen LogP contribution in [0.4, 0.5) is 4.39 Å². The van der Waals surface area contributed by atoms with E-state index in [4.69, 9.17) is 0 Å². The minimum absolute atomic E-state index is 0.0604. The topological polar surface area (TPSA) is 75.3 Å². The number of fused-ring (bicyclic) bond motifs is 6. The normalized spacial score (nSPS) is 40.6. The van der Waals surface area contributed by atoms with E-state index >= 15 is 0 Å². The molecule has 2 aromatic rings. The molecule has 0 amide bonds. The van der Waals surface area contributed by atoms with Gasteiger partial charge in [-0.15, -0.1) is 12.6 Å². The van der Waals surface area contributed by atoms with E-state index in [1.54, 1.807) is 12.1 Å². The number of hydrogen-bond acceptors (Lipinski definition) is 4. The average molecular weight is 483 g/mol. The predicted octanol–water partition coefficient (Wildman–Crippen LogP) is 4.35. The van der Waals surface area contributed by atoms with Crippen molar-refractivity contribution in [2.45, 2.75) is 64.1 Å². The second-order valence-electron chi connectivity index (χ2n) is 11.4. The summed E-state index contributed by atoms with van der Waals surface area (Å²) in [5, 5.41) is 27.0. The summed E-state index contributed by atoms with van der Waals surface area (Å²) in [7, 11) is 0. The zero-order valence-electron chi connectivity index (χ0n) is 19.5. The molecule has 4 aliphatic rings. The number of nitrogens with zero attached hydrogens (tertiary/aromatic N) is 2. The molecule has 1 aromatic heterocycles. The Morgan fingerprint density at radius 1 is 1.24 bits per heavy atom. The fourth-order valence-electron chi connectivity index (χ4n) is 8.33. The summed E-state index contributed by atoms with van der Waals surface area (Å²) in [6.07, 6.45) is 7.77. The van der Waals surface area contributed by atoms with Crippen LogP contribution >= 0.6 is 12.6 Å². The van der Waals surface area contributed by atoms with Gasteiger partial charge in [-0.2, -0.15) is 5.10 Å². The van der Waals surface area contributed by atoms with E-state index in [1.807, 2.05) is 17.8 Å². The number of benzene rings is 1. The quantitative estimate of drug-likeness (QED) is 0.557. The van der Waals surface area contributed by atoms with Crippen molar-refractivity contribution in [1.82, 2.24) is 9.78 Å². The van der Waals surface area contributed by atoms with Crippen LogP contribution in [0.5, 0.6) is 0 Å². The number of carbonyl (C=O) groups is 1. The molecule has 6 rings (SSSR count). The molecule has 0 spiro atoms. The highest BCUT2D eigenvalue weighted by atomic mass is 32.1. The Hall–Kier alpha value is -1.96. The van der Waals surface area contributed by atoms with Crippen LogP contribution in [-0.4, -0.2) is 36.8 Å². The Labute approximate surface area is 204 Å². The molecule has 0 aliphatic heterocycles. The number of allylic oxidation sites excluding steroid dienone is 1. The van der Waals surface area contributed by atoms with Gasteiger partial charge in [0.1, 0.15) is 11.4 Å². The summed E-state index contributed by atoms with van der Waals surface area (Å²) < 4.78 is 15.3. The third kappa shape index (κ3) is 2.80. The molecule has 0 radical (unpaired) electrons. The van der Waals surface area contributed by atoms with Crippen molar-refractivity contribution in [3.05, 3.63) is 53.1 Å². The SMILES string of the molecule is C[C@]12Cc3cnn(-c4ccc(F)cc4)c3C=C1CCC1C2[C@@H](O)C[C@@]2(C)C1CC[C@]2(O)C(=O)S. The third-order valence-corrected chi connectivity index (χ3v) is 10.4. The minimum atomic E-state index is -1.47. The minimum Gasteiger partial charge on any atom is -0.393 e. The van der Waals surface area contributed by atoms with Crippen molar-refractivity contribution in [2.24, 2.45) is 28.6 Å². The molecule has 7 heteroatoms. The summed E-state index contributed by atoms with van der Waals surface area (Å²) in [5.74, 6) is 0.214. The molecule has 1 aromatic carbocycles. The fourth-order valence-corrected chi connectivity index (χ4v) is 8.70. The van der Waals surface area contributed by atoms with Crippen LogP contribution in [-0.2, 0) is 11.2 Å². The molecule has 4 aliphatic carbocycles.